The summed E-state index contributed by atoms with van der Waals surface area (Å²) in [5.74, 6) is -0.0231. The van der Waals surface area contributed by atoms with Gasteiger partial charge in [0.15, 0.2) is 5.78 Å². The summed E-state index contributed by atoms with van der Waals surface area (Å²) in [4.78, 5) is 28.9. The highest BCUT2D eigenvalue weighted by atomic mass is 32.1. The number of carbonyl (C=O) groups excluding carboxylic acids is 2. The Balaban J connectivity index is 1.55. The molecule has 0 amide bonds. The Morgan fingerprint density at radius 1 is 1.00 bits per heavy atom. The number of aromatic nitrogens is 3. The number of carbonyl (C=O) groups is 2. The lowest BCUT2D eigenvalue weighted by Gasteiger charge is -2.18. The fourth-order valence-corrected chi connectivity index (χ4v) is 4.49. The quantitative estimate of drug-likeness (QED) is 0.334. The largest absolute Gasteiger partial charge is 0.442 e. The van der Waals surface area contributed by atoms with Crippen molar-refractivity contribution in [1.82, 2.24) is 14.8 Å². The number of nitrogens with zero attached hydrogens (tertiary/aromatic N) is 2. The van der Waals surface area contributed by atoms with Gasteiger partial charge in [-0.05, 0) is 56.5 Å². The third-order valence-electron chi connectivity index (χ3n) is 5.03. The van der Waals surface area contributed by atoms with Crippen molar-refractivity contribution in [3.8, 4) is 11.4 Å². The van der Waals surface area contributed by atoms with E-state index in [2.05, 4.69) is 10.1 Å². The predicted octanol–water partition coefficient (Wildman–Crippen LogP) is 6.26. The number of hydrogen-bond donors (Lipinski definition) is 1. The highest BCUT2D eigenvalue weighted by Crippen LogP contribution is 2.34. The lowest BCUT2D eigenvalue weighted by Crippen LogP contribution is -2.27. The fraction of sp³-hybridized carbons (Fsp3) is 0.160. The van der Waals surface area contributed by atoms with E-state index >= 15 is 0 Å². The van der Waals surface area contributed by atoms with Crippen LogP contribution >= 0.6 is 11.3 Å². The number of rotatable bonds is 3. The first kappa shape index (κ1) is 20.2. The van der Waals surface area contributed by atoms with Gasteiger partial charge in [0.05, 0.1) is 15.9 Å². The van der Waals surface area contributed by atoms with Gasteiger partial charge in [-0.15, -0.1) is 11.3 Å². The average molecular weight is 444 g/mol. The summed E-state index contributed by atoms with van der Waals surface area (Å²) in [7, 11) is 0. The molecular weight excluding hydrogens is 422 g/mol. The van der Waals surface area contributed by atoms with Gasteiger partial charge in [0.25, 0.3) is 0 Å². The number of ether oxygens (including phenoxy) is 1. The Labute approximate surface area is 188 Å². The molecule has 32 heavy (non-hydrogen) atoms. The van der Waals surface area contributed by atoms with Crippen molar-refractivity contribution in [2.24, 2.45) is 0 Å². The summed E-state index contributed by atoms with van der Waals surface area (Å²) in [6.07, 6.45) is -0.515. The third kappa shape index (κ3) is 3.61. The van der Waals surface area contributed by atoms with Crippen LogP contribution in [0.4, 0.5) is 4.79 Å². The highest BCUT2D eigenvalue weighted by molar-refractivity contribution is 7.17. The van der Waals surface area contributed by atoms with Gasteiger partial charge in [-0.25, -0.2) is 4.79 Å². The van der Waals surface area contributed by atoms with Gasteiger partial charge in [-0.2, -0.15) is 9.78 Å². The number of fused-ring (bicyclic) bond motifs is 2. The van der Waals surface area contributed by atoms with Gasteiger partial charge in [-0.3, -0.25) is 4.79 Å². The first-order valence-corrected chi connectivity index (χ1v) is 11.1. The Kier molecular flexibility index (Phi) is 4.71. The lowest BCUT2D eigenvalue weighted by atomic mass is 10.0. The standard InChI is InChI=1S/C25H21N3O3S/c1-25(2,3)31-24(30)28-20-11-12-32-23(20)21(27-28)19-14-17-13-16(9-10-18(17)26-19)22(29)15-7-5-4-6-8-15/h4-14,26H,1-3H3. The van der Waals surface area contributed by atoms with Crippen molar-refractivity contribution < 1.29 is 14.3 Å². The molecule has 0 fully saturated rings. The van der Waals surface area contributed by atoms with Crippen LogP contribution in [0.1, 0.15) is 36.7 Å². The molecule has 0 saturated heterocycles. The van der Waals surface area contributed by atoms with Crippen molar-refractivity contribution in [3.05, 3.63) is 77.2 Å². The van der Waals surface area contributed by atoms with Crippen LogP contribution in [-0.4, -0.2) is 32.2 Å². The van der Waals surface area contributed by atoms with Gasteiger partial charge >= 0.3 is 6.09 Å². The maximum atomic E-state index is 12.8. The zero-order valence-electron chi connectivity index (χ0n) is 17.9. The molecule has 3 heterocycles. The van der Waals surface area contributed by atoms with Crippen LogP contribution in [-0.2, 0) is 4.74 Å². The van der Waals surface area contributed by atoms with E-state index in [-0.39, 0.29) is 5.78 Å². The summed E-state index contributed by atoms with van der Waals surface area (Å²) in [6, 6.07) is 18.6. The van der Waals surface area contributed by atoms with Crippen molar-refractivity contribution in [2.45, 2.75) is 26.4 Å². The number of hydrogen-bond acceptors (Lipinski definition) is 5. The summed E-state index contributed by atoms with van der Waals surface area (Å²) in [5, 5.41) is 7.39. The van der Waals surface area contributed by atoms with E-state index in [0.29, 0.717) is 22.3 Å². The Bertz CT molecular complexity index is 1470. The molecule has 7 heteroatoms. The molecule has 0 saturated carbocycles. The first-order valence-electron chi connectivity index (χ1n) is 10.2. The predicted molar refractivity (Wildman–Crippen MR) is 126 cm³/mol. The minimum Gasteiger partial charge on any atom is -0.442 e. The summed E-state index contributed by atoms with van der Waals surface area (Å²) < 4.78 is 7.71. The number of aromatic amines is 1. The molecule has 5 aromatic rings. The third-order valence-corrected chi connectivity index (χ3v) is 5.94. The zero-order chi connectivity index (χ0) is 22.5. The van der Waals surface area contributed by atoms with Crippen molar-refractivity contribution in [3.63, 3.8) is 0 Å². The molecule has 3 aromatic heterocycles. The molecule has 6 nitrogen and oxygen atoms in total. The van der Waals surface area contributed by atoms with E-state index in [9.17, 15) is 9.59 Å². The van der Waals surface area contributed by atoms with Gasteiger partial charge in [0, 0.05) is 22.0 Å². The Hall–Kier alpha value is -3.71. The smallest absolute Gasteiger partial charge is 0.435 e. The molecule has 0 aliphatic heterocycles. The molecule has 5 rings (SSSR count). The van der Waals surface area contributed by atoms with E-state index in [1.165, 1.54) is 16.0 Å². The van der Waals surface area contributed by atoms with Crippen LogP contribution in [0.2, 0.25) is 0 Å². The van der Waals surface area contributed by atoms with E-state index in [4.69, 9.17) is 4.74 Å². The zero-order valence-corrected chi connectivity index (χ0v) is 18.7. The SMILES string of the molecule is CC(C)(C)OC(=O)n1nc(-c2cc3cc(C(=O)c4ccccc4)ccc3[nH]2)c2sccc21. The molecule has 0 aliphatic rings. The molecule has 160 valence electrons. The molecule has 0 spiro atoms. The normalized spacial score (nSPS) is 11.8. The van der Waals surface area contributed by atoms with Crippen LogP contribution in [0.15, 0.2) is 66.0 Å². The first-order chi connectivity index (χ1) is 15.3. The second-order valence-corrected chi connectivity index (χ2v) is 9.47. The number of nitrogens with one attached hydrogen (secondary N) is 1. The Morgan fingerprint density at radius 2 is 1.78 bits per heavy atom. The van der Waals surface area contributed by atoms with Gasteiger partial charge in [0.1, 0.15) is 11.3 Å². The summed E-state index contributed by atoms with van der Waals surface area (Å²) >= 11 is 1.52. The number of H-pyrrole nitrogens is 1. The second-order valence-electron chi connectivity index (χ2n) is 8.56. The maximum Gasteiger partial charge on any atom is 0.435 e. The molecular formula is C25H21N3O3S. The van der Waals surface area contributed by atoms with Crippen LogP contribution < -0.4 is 0 Å². The van der Waals surface area contributed by atoms with Crippen LogP contribution in [0.3, 0.4) is 0 Å². The molecule has 2 aromatic carbocycles. The molecule has 0 atom stereocenters. The second kappa shape index (κ2) is 7.46. The maximum absolute atomic E-state index is 12.8. The molecule has 0 radical (unpaired) electrons. The van der Waals surface area contributed by atoms with Crippen molar-refractivity contribution >= 4 is 44.3 Å². The van der Waals surface area contributed by atoms with Crippen LogP contribution in [0.25, 0.3) is 32.5 Å². The molecule has 0 unspecified atom stereocenters. The van der Waals surface area contributed by atoms with Gasteiger partial charge in [0.2, 0.25) is 0 Å². The Morgan fingerprint density at radius 3 is 2.53 bits per heavy atom. The minimum absolute atomic E-state index is 0.0231. The summed E-state index contributed by atoms with van der Waals surface area (Å²) in [5.41, 5.74) is 3.70. The van der Waals surface area contributed by atoms with Crippen molar-refractivity contribution in [2.75, 3.05) is 0 Å². The van der Waals surface area contributed by atoms with E-state index in [1.54, 1.807) is 0 Å². The number of ketones is 1. The molecule has 0 aliphatic carbocycles. The average Bonchev–Trinajstić information content (AvgIpc) is 3.46. The highest BCUT2D eigenvalue weighted by Gasteiger charge is 2.24. The topological polar surface area (TPSA) is 77.0 Å². The fourth-order valence-electron chi connectivity index (χ4n) is 3.62. The molecule has 0 bridgehead atoms. The van der Waals surface area contributed by atoms with Gasteiger partial charge < -0.3 is 9.72 Å². The van der Waals surface area contributed by atoms with E-state index in [1.807, 2.05) is 86.8 Å². The number of thiophene rings is 1. The lowest BCUT2D eigenvalue weighted by molar-refractivity contribution is 0.0523. The number of benzene rings is 2. The van der Waals surface area contributed by atoms with E-state index < -0.39 is 11.7 Å². The van der Waals surface area contributed by atoms with E-state index in [0.717, 1.165) is 21.3 Å². The summed E-state index contributed by atoms with van der Waals surface area (Å²) in [6.45, 7) is 5.48. The monoisotopic (exact) mass is 443 g/mol. The molecule has 1 N–H and O–H groups in total. The van der Waals surface area contributed by atoms with Crippen molar-refractivity contribution in [1.29, 1.82) is 0 Å². The van der Waals surface area contributed by atoms with Gasteiger partial charge in [-0.1, -0.05) is 30.3 Å². The van der Waals surface area contributed by atoms with Crippen LogP contribution in [0, 0.1) is 0 Å². The van der Waals surface area contributed by atoms with Crippen LogP contribution in [0.5, 0.6) is 0 Å². The minimum atomic E-state index is -0.617.